The number of aromatic nitrogens is 1. The summed E-state index contributed by atoms with van der Waals surface area (Å²) in [5, 5.41) is 11.7. The summed E-state index contributed by atoms with van der Waals surface area (Å²) in [6.07, 6.45) is 1.11. The zero-order chi connectivity index (χ0) is 16.3. The van der Waals surface area contributed by atoms with Crippen molar-refractivity contribution in [1.82, 2.24) is 4.98 Å². The minimum Gasteiger partial charge on any atom is -0.366 e. The standard InChI is InChI=1S/C14H12ClN3O3S/c1-8(9-2-4-10(15)5-3-9)22-14-12(13(16)19)6-11(7-17-14)18(20)21/h2-8H,1H3,(H2,16,19). The lowest BCUT2D eigenvalue weighted by Gasteiger charge is -2.12. The highest BCUT2D eigenvalue weighted by Crippen LogP contribution is 2.36. The van der Waals surface area contributed by atoms with Crippen molar-refractivity contribution in [2.24, 2.45) is 5.73 Å². The van der Waals surface area contributed by atoms with Crippen LogP contribution in [0.15, 0.2) is 41.6 Å². The quantitative estimate of drug-likeness (QED) is 0.510. The number of amides is 1. The van der Waals surface area contributed by atoms with Crippen LogP contribution in [0.2, 0.25) is 5.02 Å². The first-order chi connectivity index (χ1) is 10.4. The lowest BCUT2D eigenvalue weighted by Crippen LogP contribution is -2.13. The van der Waals surface area contributed by atoms with E-state index in [1.807, 2.05) is 19.1 Å². The lowest BCUT2D eigenvalue weighted by atomic mass is 10.2. The van der Waals surface area contributed by atoms with Gasteiger partial charge < -0.3 is 5.73 Å². The van der Waals surface area contributed by atoms with Gasteiger partial charge in [0, 0.05) is 16.3 Å². The summed E-state index contributed by atoms with van der Waals surface area (Å²) in [7, 11) is 0. The average Bonchev–Trinajstić information content (AvgIpc) is 2.47. The van der Waals surface area contributed by atoms with Gasteiger partial charge in [0.05, 0.1) is 10.5 Å². The molecule has 0 radical (unpaired) electrons. The molecule has 0 saturated carbocycles. The molecule has 0 spiro atoms. The van der Waals surface area contributed by atoms with Gasteiger partial charge in [0.15, 0.2) is 0 Å². The van der Waals surface area contributed by atoms with Crippen LogP contribution in [0.5, 0.6) is 0 Å². The van der Waals surface area contributed by atoms with Crippen LogP contribution < -0.4 is 5.73 Å². The van der Waals surface area contributed by atoms with Crippen molar-refractivity contribution < 1.29 is 9.72 Å². The highest BCUT2D eigenvalue weighted by molar-refractivity contribution is 7.99. The first-order valence-corrected chi connectivity index (χ1v) is 7.50. The number of hydrogen-bond donors (Lipinski definition) is 1. The normalized spacial score (nSPS) is 11.9. The summed E-state index contributed by atoms with van der Waals surface area (Å²) >= 11 is 7.15. The van der Waals surface area contributed by atoms with Crippen LogP contribution in [-0.2, 0) is 0 Å². The van der Waals surface area contributed by atoms with Gasteiger partial charge in [-0.2, -0.15) is 0 Å². The molecule has 22 heavy (non-hydrogen) atoms. The summed E-state index contributed by atoms with van der Waals surface area (Å²) in [6, 6.07) is 8.43. The summed E-state index contributed by atoms with van der Waals surface area (Å²) in [6.45, 7) is 1.93. The Hall–Kier alpha value is -2.12. The van der Waals surface area contributed by atoms with Crippen molar-refractivity contribution in [2.75, 3.05) is 0 Å². The van der Waals surface area contributed by atoms with E-state index in [0.717, 1.165) is 17.8 Å². The zero-order valence-electron chi connectivity index (χ0n) is 11.5. The summed E-state index contributed by atoms with van der Waals surface area (Å²) in [5.74, 6) is -0.748. The Morgan fingerprint density at radius 2 is 2.05 bits per heavy atom. The smallest absolute Gasteiger partial charge is 0.288 e. The fourth-order valence-corrected chi connectivity index (χ4v) is 2.93. The van der Waals surface area contributed by atoms with E-state index in [1.165, 1.54) is 11.8 Å². The third-order valence-corrected chi connectivity index (χ3v) is 4.37. The average molecular weight is 338 g/mol. The van der Waals surface area contributed by atoms with Gasteiger partial charge >= 0.3 is 0 Å². The van der Waals surface area contributed by atoms with E-state index < -0.39 is 10.8 Å². The largest absolute Gasteiger partial charge is 0.366 e. The second-order valence-corrected chi connectivity index (χ2v) is 6.25. The van der Waals surface area contributed by atoms with Crippen molar-refractivity contribution in [3.05, 3.63) is 62.8 Å². The lowest BCUT2D eigenvalue weighted by molar-refractivity contribution is -0.385. The van der Waals surface area contributed by atoms with Crippen LogP contribution in [0.4, 0.5) is 5.69 Å². The number of nitrogens with zero attached hydrogens (tertiary/aromatic N) is 2. The Labute approximate surface area is 135 Å². The molecule has 0 aliphatic heterocycles. The van der Waals surface area contributed by atoms with Gasteiger partial charge in [-0.1, -0.05) is 35.5 Å². The molecule has 1 heterocycles. The van der Waals surface area contributed by atoms with Crippen LogP contribution in [0.3, 0.4) is 0 Å². The molecule has 2 rings (SSSR count). The van der Waals surface area contributed by atoms with E-state index in [9.17, 15) is 14.9 Å². The van der Waals surface area contributed by atoms with E-state index in [2.05, 4.69) is 4.98 Å². The number of carbonyl (C=O) groups excluding carboxylic acids is 1. The van der Waals surface area contributed by atoms with Gasteiger partial charge in [0.25, 0.3) is 11.6 Å². The molecule has 1 atom stereocenters. The van der Waals surface area contributed by atoms with Crippen molar-refractivity contribution in [3.63, 3.8) is 0 Å². The molecular formula is C14H12ClN3O3S. The van der Waals surface area contributed by atoms with Crippen LogP contribution in [0, 0.1) is 10.1 Å². The molecule has 0 fully saturated rings. The number of pyridine rings is 1. The van der Waals surface area contributed by atoms with Crippen LogP contribution in [-0.4, -0.2) is 15.8 Å². The Balaban J connectivity index is 2.30. The van der Waals surface area contributed by atoms with Crippen molar-refractivity contribution >= 4 is 35.0 Å². The molecule has 0 saturated heterocycles. The van der Waals surface area contributed by atoms with E-state index in [-0.39, 0.29) is 16.5 Å². The van der Waals surface area contributed by atoms with Crippen molar-refractivity contribution in [3.8, 4) is 0 Å². The number of primary amides is 1. The maximum absolute atomic E-state index is 11.5. The third kappa shape index (κ3) is 3.75. The Morgan fingerprint density at radius 1 is 1.41 bits per heavy atom. The predicted molar refractivity (Wildman–Crippen MR) is 85.1 cm³/mol. The number of hydrogen-bond acceptors (Lipinski definition) is 5. The Kier molecular flexibility index (Phi) is 4.99. The highest BCUT2D eigenvalue weighted by atomic mass is 35.5. The highest BCUT2D eigenvalue weighted by Gasteiger charge is 2.19. The van der Waals surface area contributed by atoms with Gasteiger partial charge in [0.2, 0.25) is 0 Å². The fraction of sp³-hybridized carbons (Fsp3) is 0.143. The number of halogens is 1. The molecule has 1 aromatic carbocycles. The zero-order valence-corrected chi connectivity index (χ0v) is 13.1. The maximum Gasteiger partial charge on any atom is 0.288 e. The molecule has 114 valence electrons. The van der Waals surface area contributed by atoms with E-state index in [0.29, 0.717) is 10.0 Å². The van der Waals surface area contributed by atoms with Crippen LogP contribution in [0.25, 0.3) is 0 Å². The first kappa shape index (κ1) is 16.3. The molecular weight excluding hydrogens is 326 g/mol. The molecule has 0 aliphatic carbocycles. The molecule has 1 unspecified atom stereocenters. The molecule has 1 aromatic heterocycles. The summed E-state index contributed by atoms with van der Waals surface area (Å²) in [5.41, 5.74) is 6.05. The number of thioether (sulfide) groups is 1. The first-order valence-electron chi connectivity index (χ1n) is 6.25. The summed E-state index contributed by atoms with van der Waals surface area (Å²) < 4.78 is 0. The molecule has 2 aromatic rings. The van der Waals surface area contributed by atoms with Gasteiger partial charge in [-0.05, 0) is 24.6 Å². The molecule has 1 amide bonds. The second-order valence-electron chi connectivity index (χ2n) is 4.48. The Bertz CT molecular complexity index is 722. The molecule has 0 bridgehead atoms. The Morgan fingerprint density at radius 3 is 2.59 bits per heavy atom. The van der Waals surface area contributed by atoms with Crippen LogP contribution >= 0.6 is 23.4 Å². The topological polar surface area (TPSA) is 99.1 Å². The van der Waals surface area contributed by atoms with Gasteiger partial charge in [0.1, 0.15) is 11.2 Å². The summed E-state index contributed by atoms with van der Waals surface area (Å²) in [4.78, 5) is 25.6. The second kappa shape index (κ2) is 6.76. The SMILES string of the molecule is CC(Sc1ncc([N+](=O)[O-])cc1C(N)=O)c1ccc(Cl)cc1. The van der Waals surface area contributed by atoms with Crippen molar-refractivity contribution in [1.29, 1.82) is 0 Å². The number of benzene rings is 1. The monoisotopic (exact) mass is 337 g/mol. The fourth-order valence-electron chi connectivity index (χ4n) is 1.78. The van der Waals surface area contributed by atoms with Crippen molar-refractivity contribution in [2.45, 2.75) is 17.2 Å². The van der Waals surface area contributed by atoms with E-state index in [1.54, 1.807) is 12.1 Å². The maximum atomic E-state index is 11.5. The minimum atomic E-state index is -0.748. The van der Waals surface area contributed by atoms with Gasteiger partial charge in [-0.15, -0.1) is 0 Å². The van der Waals surface area contributed by atoms with Gasteiger partial charge in [-0.25, -0.2) is 4.98 Å². The minimum absolute atomic E-state index is 0.0238. The van der Waals surface area contributed by atoms with Crippen LogP contribution in [0.1, 0.15) is 28.1 Å². The number of nitro groups is 1. The molecule has 0 aliphatic rings. The molecule has 6 nitrogen and oxygen atoms in total. The molecule has 2 N–H and O–H groups in total. The number of carbonyl (C=O) groups is 1. The number of nitrogens with two attached hydrogens (primary N) is 1. The number of rotatable bonds is 5. The van der Waals surface area contributed by atoms with Gasteiger partial charge in [-0.3, -0.25) is 14.9 Å². The van der Waals surface area contributed by atoms with E-state index in [4.69, 9.17) is 17.3 Å². The third-order valence-electron chi connectivity index (χ3n) is 2.94. The van der Waals surface area contributed by atoms with E-state index >= 15 is 0 Å². The predicted octanol–water partition coefficient (Wildman–Crippen LogP) is 3.60. The molecule has 8 heteroatoms.